The summed E-state index contributed by atoms with van der Waals surface area (Å²) in [6.45, 7) is 5.95. The molecule has 2 aliphatic rings. The average molecular weight is 142 g/mol. The first-order valence-corrected chi connectivity index (χ1v) is 3.41. The molecule has 0 spiro atoms. The van der Waals surface area contributed by atoms with Crippen LogP contribution in [-0.2, 0) is 14.2 Å². The van der Waals surface area contributed by atoms with Crippen molar-refractivity contribution in [2.75, 3.05) is 19.8 Å². The van der Waals surface area contributed by atoms with E-state index >= 15 is 0 Å². The third-order valence-corrected chi connectivity index (χ3v) is 1.55. The van der Waals surface area contributed by atoms with Gasteiger partial charge in [0.1, 0.15) is 24.6 Å². The fourth-order valence-corrected chi connectivity index (χ4v) is 0.691. The van der Waals surface area contributed by atoms with Crippen molar-refractivity contribution >= 4 is 0 Å². The highest BCUT2D eigenvalue weighted by atomic mass is 16.6. The lowest BCUT2D eigenvalue weighted by molar-refractivity contribution is 0.165. The normalized spacial score (nSPS) is 35.2. The Kier molecular flexibility index (Phi) is 1.39. The number of ether oxygens (including phenoxy) is 3. The average Bonchev–Trinajstić information content (AvgIpc) is 2.76. The molecule has 2 fully saturated rings. The molecule has 2 rings (SSSR count). The van der Waals surface area contributed by atoms with Crippen LogP contribution in [0.5, 0.6) is 0 Å². The van der Waals surface area contributed by atoms with Gasteiger partial charge in [-0.15, -0.1) is 0 Å². The van der Waals surface area contributed by atoms with Gasteiger partial charge in [0.05, 0.1) is 13.2 Å². The molecule has 2 saturated heterocycles. The monoisotopic (exact) mass is 142 g/mol. The molecule has 0 bridgehead atoms. The molecule has 3 nitrogen and oxygen atoms in total. The molecule has 2 atom stereocenters. The lowest BCUT2D eigenvalue weighted by Crippen LogP contribution is -2.04. The van der Waals surface area contributed by atoms with Gasteiger partial charge in [-0.3, -0.25) is 0 Å². The highest BCUT2D eigenvalue weighted by Crippen LogP contribution is 2.20. The Balaban J connectivity index is 1.63. The van der Waals surface area contributed by atoms with E-state index < -0.39 is 0 Å². The Bertz CT molecular complexity index is 147. The van der Waals surface area contributed by atoms with Gasteiger partial charge in [-0.25, -0.2) is 0 Å². The third kappa shape index (κ3) is 1.49. The minimum absolute atomic E-state index is 0.166. The summed E-state index contributed by atoms with van der Waals surface area (Å²) in [6, 6.07) is 0. The summed E-state index contributed by atoms with van der Waals surface area (Å²) >= 11 is 0. The predicted octanol–water partition coefficient (Wildman–Crippen LogP) is 0.314. The fourth-order valence-electron chi connectivity index (χ4n) is 0.691. The Hall–Kier alpha value is -0.540. The highest BCUT2D eigenvalue weighted by Gasteiger charge is 2.30. The van der Waals surface area contributed by atoms with Crippen LogP contribution in [0.1, 0.15) is 0 Å². The van der Waals surface area contributed by atoms with E-state index in [-0.39, 0.29) is 6.10 Å². The fraction of sp³-hybridized carbons (Fsp3) is 0.714. The van der Waals surface area contributed by atoms with Gasteiger partial charge < -0.3 is 14.2 Å². The zero-order valence-corrected chi connectivity index (χ0v) is 5.71. The van der Waals surface area contributed by atoms with Crippen molar-refractivity contribution in [3.05, 3.63) is 12.3 Å². The third-order valence-electron chi connectivity index (χ3n) is 1.55. The van der Waals surface area contributed by atoms with Crippen LogP contribution in [0.2, 0.25) is 0 Å². The van der Waals surface area contributed by atoms with Crippen LogP contribution in [0.3, 0.4) is 0 Å². The van der Waals surface area contributed by atoms with E-state index in [4.69, 9.17) is 14.2 Å². The van der Waals surface area contributed by atoms with Crippen molar-refractivity contribution in [3.63, 3.8) is 0 Å². The van der Waals surface area contributed by atoms with Gasteiger partial charge in [-0.1, -0.05) is 6.58 Å². The number of hydrogen-bond donors (Lipinski definition) is 0. The Morgan fingerprint density at radius 1 is 1.50 bits per heavy atom. The smallest absolute Gasteiger partial charge is 0.137 e. The molecule has 56 valence electrons. The van der Waals surface area contributed by atoms with Crippen LogP contribution in [0.25, 0.3) is 0 Å². The van der Waals surface area contributed by atoms with E-state index in [0.29, 0.717) is 12.7 Å². The van der Waals surface area contributed by atoms with E-state index in [9.17, 15) is 0 Å². The summed E-state index contributed by atoms with van der Waals surface area (Å²) in [5.41, 5.74) is 0. The van der Waals surface area contributed by atoms with E-state index in [0.717, 1.165) is 19.0 Å². The van der Waals surface area contributed by atoms with Crippen LogP contribution in [-0.4, -0.2) is 32.0 Å². The van der Waals surface area contributed by atoms with Crippen LogP contribution in [0.4, 0.5) is 0 Å². The van der Waals surface area contributed by atoms with Crippen molar-refractivity contribution < 1.29 is 14.2 Å². The van der Waals surface area contributed by atoms with E-state index in [2.05, 4.69) is 6.58 Å². The maximum Gasteiger partial charge on any atom is 0.137 e. The Morgan fingerprint density at radius 3 is 2.70 bits per heavy atom. The van der Waals surface area contributed by atoms with Crippen molar-refractivity contribution in [1.29, 1.82) is 0 Å². The van der Waals surface area contributed by atoms with Gasteiger partial charge >= 0.3 is 0 Å². The van der Waals surface area contributed by atoms with Gasteiger partial charge in [-0.2, -0.15) is 0 Å². The van der Waals surface area contributed by atoms with Crippen LogP contribution >= 0.6 is 0 Å². The van der Waals surface area contributed by atoms with Crippen LogP contribution < -0.4 is 0 Å². The number of hydrogen-bond acceptors (Lipinski definition) is 3. The van der Waals surface area contributed by atoms with Gasteiger partial charge in [0.2, 0.25) is 0 Å². The van der Waals surface area contributed by atoms with Crippen molar-refractivity contribution in [2.24, 2.45) is 0 Å². The second kappa shape index (κ2) is 2.25. The molecule has 0 amide bonds. The van der Waals surface area contributed by atoms with Crippen molar-refractivity contribution in [1.82, 2.24) is 0 Å². The van der Waals surface area contributed by atoms with E-state index in [1.54, 1.807) is 0 Å². The molecule has 0 radical (unpaired) electrons. The second-order valence-corrected chi connectivity index (χ2v) is 2.55. The molecular formula is C7H10O3. The lowest BCUT2D eigenvalue weighted by atomic mass is 10.4. The van der Waals surface area contributed by atoms with Crippen LogP contribution in [0.15, 0.2) is 12.3 Å². The van der Waals surface area contributed by atoms with Gasteiger partial charge in [0, 0.05) is 0 Å². The van der Waals surface area contributed by atoms with E-state index in [1.165, 1.54) is 0 Å². The minimum atomic E-state index is 0.166. The Labute approximate surface area is 59.6 Å². The first-order chi connectivity index (χ1) is 4.86. The highest BCUT2D eigenvalue weighted by molar-refractivity contribution is 4.99. The standard InChI is InChI=1S/C7H10O3/c1-5(7-4-10-7)8-2-6-3-9-6/h6-7H,1-4H2. The molecule has 2 aliphatic heterocycles. The molecule has 0 aromatic heterocycles. The Morgan fingerprint density at radius 2 is 2.20 bits per heavy atom. The van der Waals surface area contributed by atoms with Gasteiger partial charge in [0.15, 0.2) is 0 Å². The summed E-state index contributed by atoms with van der Waals surface area (Å²) in [5, 5.41) is 0. The first-order valence-electron chi connectivity index (χ1n) is 3.41. The summed E-state index contributed by atoms with van der Waals surface area (Å²) < 4.78 is 15.2. The van der Waals surface area contributed by atoms with Gasteiger partial charge in [-0.05, 0) is 0 Å². The molecule has 10 heavy (non-hydrogen) atoms. The SMILES string of the molecule is C=C(OCC1CO1)C1CO1. The summed E-state index contributed by atoms with van der Waals surface area (Å²) in [6.07, 6.45) is 0.481. The molecule has 0 saturated carbocycles. The maximum absolute atomic E-state index is 5.25. The number of rotatable bonds is 4. The van der Waals surface area contributed by atoms with Crippen molar-refractivity contribution in [2.45, 2.75) is 12.2 Å². The summed E-state index contributed by atoms with van der Waals surface area (Å²) in [7, 11) is 0. The van der Waals surface area contributed by atoms with E-state index in [1.807, 2.05) is 0 Å². The molecule has 0 aliphatic carbocycles. The lowest BCUT2D eigenvalue weighted by Gasteiger charge is -2.02. The zero-order chi connectivity index (χ0) is 6.97. The molecule has 0 aromatic rings. The molecule has 3 heteroatoms. The summed E-state index contributed by atoms with van der Waals surface area (Å²) in [4.78, 5) is 0. The quantitative estimate of drug-likeness (QED) is 0.418. The molecule has 0 N–H and O–H groups in total. The van der Waals surface area contributed by atoms with Gasteiger partial charge in [0.25, 0.3) is 0 Å². The molecular weight excluding hydrogens is 132 g/mol. The maximum atomic E-state index is 5.25. The molecule has 2 heterocycles. The molecule has 2 unspecified atom stereocenters. The minimum Gasteiger partial charge on any atom is -0.493 e. The first kappa shape index (κ1) is 6.19. The second-order valence-electron chi connectivity index (χ2n) is 2.55. The largest absolute Gasteiger partial charge is 0.493 e. The summed E-state index contributed by atoms with van der Waals surface area (Å²) in [5.74, 6) is 0.746. The zero-order valence-electron chi connectivity index (χ0n) is 5.71. The number of epoxide rings is 2. The van der Waals surface area contributed by atoms with Crippen LogP contribution in [0, 0.1) is 0 Å². The molecule has 0 aromatic carbocycles. The topological polar surface area (TPSA) is 34.3 Å². The predicted molar refractivity (Wildman–Crippen MR) is 34.6 cm³/mol. The van der Waals surface area contributed by atoms with Crippen molar-refractivity contribution in [3.8, 4) is 0 Å².